The number of nitrogens with zero attached hydrogens (tertiary/aromatic N) is 3. The number of rotatable bonds is 0. The average molecular weight is 336 g/mol. The summed E-state index contributed by atoms with van der Waals surface area (Å²) in [6, 6.07) is 0. The first-order chi connectivity index (χ1) is 7.41. The van der Waals surface area contributed by atoms with E-state index in [1.165, 1.54) is 4.91 Å². The fourth-order valence-electron chi connectivity index (χ4n) is 0. The van der Waals surface area contributed by atoms with E-state index in [-0.39, 0.29) is 0 Å². The summed E-state index contributed by atoms with van der Waals surface area (Å²) >= 11 is 0. The van der Waals surface area contributed by atoms with Crippen LogP contribution in [0, 0.1) is 0 Å². The zero-order chi connectivity index (χ0) is 16.2. The molecule has 0 heterocycles. The molecule has 0 saturated heterocycles. The van der Waals surface area contributed by atoms with Crippen molar-refractivity contribution in [1.29, 1.82) is 0 Å². The van der Waals surface area contributed by atoms with Gasteiger partial charge in [-0.05, 0) is 0 Å². The summed E-state index contributed by atoms with van der Waals surface area (Å²) in [5.41, 5.74) is 13.5. The van der Waals surface area contributed by atoms with Gasteiger partial charge in [-0.2, -0.15) is 0 Å². The molecular formula is H9N3O12P3-. The molecule has 0 aromatic rings. The average Bonchev–Trinajstić information content (AvgIpc) is 1.71. The molecule has 0 aromatic heterocycles. The third-order valence-corrected chi connectivity index (χ3v) is 0. The Hall–Kier alpha value is -0.360. The first-order valence-corrected chi connectivity index (χ1v) is 7.44. The lowest BCUT2D eigenvalue weighted by Gasteiger charge is -1.82. The first kappa shape index (κ1) is 26.3. The van der Waals surface area contributed by atoms with E-state index in [0.717, 1.165) is 0 Å². The highest BCUT2D eigenvalue weighted by atomic mass is 31.2. The fraction of sp³-hybridized carbons (Fsp3) is 0. The molecule has 0 spiro atoms. The highest BCUT2D eigenvalue weighted by Gasteiger charge is 2.01. The Morgan fingerprint density at radius 1 is 0.556 bits per heavy atom. The van der Waals surface area contributed by atoms with E-state index >= 15 is 0 Å². The molecule has 0 aliphatic rings. The lowest BCUT2D eigenvalue weighted by Crippen LogP contribution is -1.66. The van der Waals surface area contributed by atoms with E-state index in [4.69, 9.17) is 68.8 Å². The lowest BCUT2D eigenvalue weighted by molar-refractivity contribution is 0.272. The molecule has 0 atom stereocenters. The monoisotopic (exact) mass is 336 g/mol. The maximum absolute atomic E-state index is 8.88. The van der Waals surface area contributed by atoms with E-state index in [0.29, 0.717) is 0 Å². The van der Waals surface area contributed by atoms with Crippen LogP contribution in [0.25, 0.3) is 16.0 Å². The van der Waals surface area contributed by atoms with Gasteiger partial charge in [0.1, 0.15) is 0 Å². The smallest absolute Gasteiger partial charge is 0.373 e. The van der Waals surface area contributed by atoms with E-state index in [1.807, 2.05) is 0 Å². The topological polar surface area (TPSA) is 292 Å². The van der Waals surface area contributed by atoms with Crippen molar-refractivity contribution in [3.05, 3.63) is 16.0 Å². The second kappa shape index (κ2) is 11.7. The van der Waals surface area contributed by atoms with Crippen molar-refractivity contribution in [2.24, 2.45) is 0 Å². The number of phosphoric acid groups is 3. The molecule has 0 saturated carbocycles. The third kappa shape index (κ3) is 25900. The SMILES string of the molecule is O=P(O)(O)O.O=P(O)(O)O.O=P(O)(O)O.[N-]=[N+]=[N-]. The van der Waals surface area contributed by atoms with Gasteiger partial charge < -0.3 is 55.1 Å². The van der Waals surface area contributed by atoms with Crippen LogP contribution in [-0.2, 0) is 13.7 Å². The van der Waals surface area contributed by atoms with Crippen molar-refractivity contribution >= 4 is 23.5 Å². The van der Waals surface area contributed by atoms with Crippen LogP contribution >= 0.6 is 23.5 Å². The van der Waals surface area contributed by atoms with Gasteiger partial charge in [0.25, 0.3) is 0 Å². The summed E-state index contributed by atoms with van der Waals surface area (Å²) in [5, 5.41) is 0. The van der Waals surface area contributed by atoms with E-state index in [1.54, 1.807) is 0 Å². The van der Waals surface area contributed by atoms with Crippen LogP contribution in [0.15, 0.2) is 0 Å². The Morgan fingerprint density at radius 2 is 0.556 bits per heavy atom. The van der Waals surface area contributed by atoms with Gasteiger partial charge in [0.2, 0.25) is 0 Å². The van der Waals surface area contributed by atoms with Gasteiger partial charge in [0, 0.05) is 0 Å². The summed E-state index contributed by atoms with van der Waals surface area (Å²) in [6.07, 6.45) is 0. The highest BCUT2D eigenvalue weighted by molar-refractivity contribution is 7.45. The van der Waals surface area contributed by atoms with Gasteiger partial charge in [-0.15, -0.1) is 0 Å². The molecule has 112 valence electrons. The fourth-order valence-corrected chi connectivity index (χ4v) is 0. The van der Waals surface area contributed by atoms with Crippen LogP contribution in [0.5, 0.6) is 0 Å². The summed E-state index contributed by atoms with van der Waals surface area (Å²) in [6.45, 7) is 0. The molecule has 18 heteroatoms. The standard InChI is InChI=1S/N3.3H3O4P/c1-3-2;3*1-5(2,3)4/h;3*(H3,1,2,3,4)/q-1;;;. The number of hydrogen-bond acceptors (Lipinski definition) is 3. The highest BCUT2D eigenvalue weighted by Crippen LogP contribution is 2.26. The van der Waals surface area contributed by atoms with Gasteiger partial charge in [0.05, 0.1) is 0 Å². The third-order valence-electron chi connectivity index (χ3n) is 0. The maximum Gasteiger partial charge on any atom is 0.466 e. The van der Waals surface area contributed by atoms with Crippen LogP contribution < -0.4 is 0 Å². The summed E-state index contributed by atoms with van der Waals surface area (Å²) in [4.78, 5) is 66.2. The molecule has 0 amide bonds. The van der Waals surface area contributed by atoms with E-state index in [2.05, 4.69) is 0 Å². The first-order valence-electron chi connectivity index (χ1n) is 2.75. The molecule has 0 radical (unpaired) electrons. The molecule has 18 heavy (non-hydrogen) atoms. The molecule has 0 aliphatic heterocycles. The molecule has 0 bridgehead atoms. The van der Waals surface area contributed by atoms with Gasteiger partial charge in [-0.25, -0.2) is 13.7 Å². The van der Waals surface area contributed by atoms with Crippen molar-refractivity contribution in [3.8, 4) is 0 Å². The molecule has 9 N–H and O–H groups in total. The maximum atomic E-state index is 8.88. The normalized spacial score (nSPS) is 10.3. The van der Waals surface area contributed by atoms with Crippen LogP contribution in [-0.4, -0.2) is 44.0 Å². The second-order valence-corrected chi connectivity index (χ2v) is 4.71. The van der Waals surface area contributed by atoms with Crippen molar-refractivity contribution in [2.75, 3.05) is 0 Å². The van der Waals surface area contributed by atoms with Crippen LogP contribution in [0.3, 0.4) is 0 Å². The molecule has 15 nitrogen and oxygen atoms in total. The van der Waals surface area contributed by atoms with Gasteiger partial charge in [0.15, 0.2) is 0 Å². The van der Waals surface area contributed by atoms with Crippen molar-refractivity contribution in [2.45, 2.75) is 0 Å². The minimum Gasteiger partial charge on any atom is -0.373 e. The summed E-state index contributed by atoms with van der Waals surface area (Å²) in [7, 11) is -13.9. The Morgan fingerprint density at radius 3 is 0.556 bits per heavy atom. The molecule has 0 aliphatic carbocycles. The lowest BCUT2D eigenvalue weighted by atomic mass is 13.0. The predicted molar refractivity (Wildman–Crippen MR) is 52.9 cm³/mol. The minimum atomic E-state index is -4.64. The Kier molecular flexibility index (Phi) is 17.1. The molecular weight excluding hydrogens is 327 g/mol. The molecule has 0 unspecified atom stereocenters. The second-order valence-electron chi connectivity index (χ2n) is 1.63. The summed E-state index contributed by atoms with van der Waals surface area (Å²) < 4.78 is 26.6. The predicted octanol–water partition coefficient (Wildman–Crippen LogP) is -1.92. The van der Waals surface area contributed by atoms with Gasteiger partial charge in [-0.1, -0.05) is 0 Å². The quantitative estimate of drug-likeness (QED) is 0.101. The largest absolute Gasteiger partial charge is 0.466 e. The summed E-state index contributed by atoms with van der Waals surface area (Å²) in [5.74, 6) is 0. The number of hydrogen-bond donors (Lipinski definition) is 9. The van der Waals surface area contributed by atoms with Gasteiger partial charge in [-0.3, -0.25) is 4.91 Å². The Bertz CT molecular complexity index is 276. The van der Waals surface area contributed by atoms with E-state index in [9.17, 15) is 0 Å². The minimum absolute atomic E-state index is 1.50. The van der Waals surface area contributed by atoms with Crippen molar-refractivity contribution in [3.63, 3.8) is 0 Å². The van der Waals surface area contributed by atoms with Gasteiger partial charge >= 0.3 is 23.5 Å². The Labute approximate surface area is 98.1 Å². The van der Waals surface area contributed by atoms with Crippen molar-refractivity contribution in [1.82, 2.24) is 0 Å². The molecule has 0 aromatic carbocycles. The van der Waals surface area contributed by atoms with Crippen LogP contribution in [0.4, 0.5) is 0 Å². The van der Waals surface area contributed by atoms with E-state index < -0.39 is 23.5 Å². The zero-order valence-electron chi connectivity index (χ0n) is 7.93. The zero-order valence-corrected chi connectivity index (χ0v) is 10.6. The van der Waals surface area contributed by atoms with Crippen LogP contribution in [0.1, 0.15) is 0 Å². The van der Waals surface area contributed by atoms with Crippen molar-refractivity contribution < 1.29 is 57.7 Å². The molecule has 0 rings (SSSR count). The van der Waals surface area contributed by atoms with Crippen LogP contribution in [0.2, 0.25) is 0 Å². The Balaban J connectivity index is -0.0000000739. The molecule has 0 fully saturated rings.